The van der Waals surface area contributed by atoms with Crippen LogP contribution in [0.1, 0.15) is 48.2 Å². The predicted octanol–water partition coefficient (Wildman–Crippen LogP) is 11.5. The van der Waals surface area contributed by atoms with Gasteiger partial charge in [0.1, 0.15) is 24.7 Å². The van der Waals surface area contributed by atoms with Crippen molar-refractivity contribution in [1.82, 2.24) is 9.13 Å². The second-order valence-electron chi connectivity index (χ2n) is 11.8. The van der Waals surface area contributed by atoms with Gasteiger partial charge in [-0.1, -0.05) is 58.5 Å². The number of fused-ring (bicyclic) bond motifs is 2. The van der Waals surface area contributed by atoms with E-state index in [1.54, 1.807) is 30.3 Å². The molecule has 2 heterocycles. The molecule has 0 fully saturated rings. The monoisotopic (exact) mass is 760 g/mol. The zero-order valence-electron chi connectivity index (χ0n) is 28.0. The number of benzene rings is 4. The van der Waals surface area contributed by atoms with E-state index in [2.05, 4.69) is 35.8 Å². The van der Waals surface area contributed by atoms with Gasteiger partial charge in [0.15, 0.2) is 0 Å². The summed E-state index contributed by atoms with van der Waals surface area (Å²) in [7, 11) is 0. The largest absolute Gasteiger partial charge is 0.489 e. The quantitative estimate of drug-likeness (QED) is 0.118. The van der Waals surface area contributed by atoms with Crippen LogP contribution < -0.4 is 9.47 Å². The van der Waals surface area contributed by atoms with Crippen molar-refractivity contribution in [2.45, 2.75) is 65.5 Å². The van der Waals surface area contributed by atoms with Gasteiger partial charge in [-0.15, -0.1) is 0 Å². The van der Waals surface area contributed by atoms with Crippen molar-refractivity contribution in [2.24, 2.45) is 0 Å². The van der Waals surface area contributed by atoms with Crippen LogP contribution in [-0.2, 0) is 32.9 Å². The Morgan fingerprint density at radius 1 is 0.627 bits per heavy atom. The Morgan fingerprint density at radius 3 is 1.55 bits per heavy atom. The molecule has 7 nitrogen and oxygen atoms in total. The van der Waals surface area contributed by atoms with Crippen LogP contribution in [0.15, 0.2) is 84.9 Å². The molecule has 4 aromatic carbocycles. The summed E-state index contributed by atoms with van der Waals surface area (Å²) in [5.41, 5.74) is 5.70. The molecule has 0 unspecified atom stereocenters. The summed E-state index contributed by atoms with van der Waals surface area (Å²) in [5, 5.41) is 31.5. The van der Waals surface area contributed by atoms with Gasteiger partial charge < -0.3 is 23.7 Å². The molecular weight excluding hydrogens is 726 g/mol. The fourth-order valence-corrected chi connectivity index (χ4v) is 6.86. The Morgan fingerprint density at radius 2 is 1.08 bits per heavy atom. The van der Waals surface area contributed by atoms with E-state index in [9.17, 15) is 5.11 Å². The minimum atomic E-state index is -0.0490. The van der Waals surface area contributed by atoms with E-state index in [1.807, 2.05) is 47.0 Å². The number of nitriles is 2. The smallest absolute Gasteiger partial charge is 0.120 e. The summed E-state index contributed by atoms with van der Waals surface area (Å²) in [4.78, 5) is 0. The summed E-state index contributed by atoms with van der Waals surface area (Å²) in [6.45, 7) is 4.18. The van der Waals surface area contributed by atoms with Gasteiger partial charge in [-0.05, 0) is 92.6 Å². The van der Waals surface area contributed by atoms with Crippen molar-refractivity contribution >= 4 is 68.2 Å². The Kier molecular flexibility index (Phi) is 13.6. The van der Waals surface area contributed by atoms with E-state index in [0.29, 0.717) is 51.8 Å². The molecule has 0 atom stereocenters. The maximum absolute atomic E-state index is 9.61. The molecule has 262 valence electrons. The van der Waals surface area contributed by atoms with E-state index in [0.717, 1.165) is 63.8 Å². The van der Waals surface area contributed by atoms with Crippen LogP contribution in [0.3, 0.4) is 0 Å². The molecule has 11 heteroatoms. The third-order valence-corrected chi connectivity index (χ3v) is 9.85. The topological polar surface area (TPSA) is 96.1 Å². The van der Waals surface area contributed by atoms with Gasteiger partial charge in [0.2, 0.25) is 0 Å². The van der Waals surface area contributed by atoms with Crippen LogP contribution in [0.5, 0.6) is 11.5 Å². The van der Waals surface area contributed by atoms with E-state index < -0.39 is 0 Å². The molecule has 2 aromatic heterocycles. The molecule has 0 aliphatic carbocycles. The number of aliphatic hydroxyl groups excluding tert-OH is 1. The second kappa shape index (κ2) is 18.2. The van der Waals surface area contributed by atoms with Crippen LogP contribution in [0.2, 0.25) is 20.1 Å². The maximum atomic E-state index is 9.61. The molecule has 0 spiro atoms. The zero-order valence-corrected chi connectivity index (χ0v) is 31.0. The molecule has 6 aromatic rings. The molecule has 6 rings (SSSR count). The summed E-state index contributed by atoms with van der Waals surface area (Å²) in [6, 6.07) is 31.0. The standard InChI is InChI=1S/C20H18Cl2N2O2.C20H18Cl2N2O/c21-18-4-3-5-19(22)17(18)13-26-16-6-7-20-14(11-16)10-15(12-25)24(20)9-2-1-8-23;1-14-11-15-12-16(7-8-20(15)24(14)10-3-2-9-23)25-13-17-18(21)5-4-6-19(17)22/h3-7,10-11,25H,1-2,9,12-13H2;4-8,11-12H,2-3,10,13H2,1H3. The van der Waals surface area contributed by atoms with Crippen LogP contribution in [-0.4, -0.2) is 14.2 Å². The Bertz CT molecular complexity index is 2170. The number of nitrogens with zero attached hydrogens (tertiary/aromatic N) is 4. The van der Waals surface area contributed by atoms with Gasteiger partial charge in [0, 0.05) is 90.3 Å². The van der Waals surface area contributed by atoms with E-state index in [4.69, 9.17) is 66.4 Å². The van der Waals surface area contributed by atoms with E-state index in [-0.39, 0.29) is 13.2 Å². The van der Waals surface area contributed by atoms with Crippen molar-refractivity contribution < 1.29 is 14.6 Å². The second-order valence-corrected chi connectivity index (χ2v) is 13.5. The average molecular weight is 763 g/mol. The molecule has 0 aliphatic heterocycles. The van der Waals surface area contributed by atoms with E-state index >= 15 is 0 Å². The SMILES string of the molecule is Cc1cc2cc(OCc3c(Cl)cccc3Cl)ccc2n1CCCC#N.N#CCCCn1c(CO)cc2cc(OCc3c(Cl)cccc3Cl)ccc21. The fourth-order valence-electron chi connectivity index (χ4n) is 5.85. The molecule has 0 aliphatic rings. The van der Waals surface area contributed by atoms with Crippen molar-refractivity contribution in [3.05, 3.63) is 128 Å². The first kappa shape index (κ1) is 37.9. The highest BCUT2D eigenvalue weighted by atomic mass is 35.5. The summed E-state index contributed by atoms with van der Waals surface area (Å²) >= 11 is 24.7. The summed E-state index contributed by atoms with van der Waals surface area (Å²) < 4.78 is 16.0. The molecule has 0 radical (unpaired) electrons. The highest BCUT2D eigenvalue weighted by Gasteiger charge is 2.12. The van der Waals surface area contributed by atoms with Crippen molar-refractivity contribution in [1.29, 1.82) is 10.5 Å². The Balaban J connectivity index is 0.000000198. The van der Waals surface area contributed by atoms with Gasteiger partial charge in [-0.2, -0.15) is 10.5 Å². The number of hydrogen-bond donors (Lipinski definition) is 1. The minimum absolute atomic E-state index is 0.0490. The lowest BCUT2D eigenvalue weighted by molar-refractivity contribution is 0.271. The highest BCUT2D eigenvalue weighted by Crippen LogP contribution is 2.30. The van der Waals surface area contributed by atoms with Crippen LogP contribution in [0.4, 0.5) is 0 Å². The number of hydrogen-bond acceptors (Lipinski definition) is 5. The number of aryl methyl sites for hydroxylation is 3. The molecular formula is C40H36Cl4N4O3. The lowest BCUT2D eigenvalue weighted by atomic mass is 10.2. The number of halogens is 4. The van der Waals surface area contributed by atoms with Gasteiger partial charge in [0.05, 0.1) is 18.7 Å². The zero-order chi connectivity index (χ0) is 36.3. The lowest BCUT2D eigenvalue weighted by Crippen LogP contribution is -2.02. The third-order valence-electron chi connectivity index (χ3n) is 8.43. The molecule has 0 bridgehead atoms. The molecule has 0 saturated carbocycles. The van der Waals surface area contributed by atoms with Crippen molar-refractivity contribution in [3.8, 4) is 23.6 Å². The number of rotatable bonds is 13. The maximum Gasteiger partial charge on any atom is 0.120 e. The molecule has 0 amide bonds. The first-order valence-corrected chi connectivity index (χ1v) is 17.9. The highest BCUT2D eigenvalue weighted by molar-refractivity contribution is 6.36. The van der Waals surface area contributed by atoms with Gasteiger partial charge in [-0.25, -0.2) is 0 Å². The molecule has 51 heavy (non-hydrogen) atoms. The predicted molar refractivity (Wildman–Crippen MR) is 206 cm³/mol. The fraction of sp³-hybridized carbons (Fsp3) is 0.250. The number of ether oxygens (including phenoxy) is 2. The van der Waals surface area contributed by atoms with Gasteiger partial charge in [0.25, 0.3) is 0 Å². The van der Waals surface area contributed by atoms with Crippen molar-refractivity contribution in [3.63, 3.8) is 0 Å². The van der Waals surface area contributed by atoms with Crippen molar-refractivity contribution in [2.75, 3.05) is 0 Å². The first-order chi connectivity index (χ1) is 24.7. The molecule has 1 N–H and O–H groups in total. The third kappa shape index (κ3) is 9.51. The normalized spacial score (nSPS) is 10.8. The number of unbranched alkanes of at least 4 members (excludes halogenated alkanes) is 2. The number of aliphatic hydroxyl groups is 1. The first-order valence-electron chi connectivity index (χ1n) is 16.4. The summed E-state index contributed by atoms with van der Waals surface area (Å²) in [5.74, 6) is 1.48. The van der Waals surface area contributed by atoms with Crippen LogP contribution in [0, 0.1) is 29.6 Å². The lowest BCUT2D eigenvalue weighted by Gasteiger charge is -2.11. The van der Waals surface area contributed by atoms with Crippen LogP contribution >= 0.6 is 46.4 Å². The molecule has 0 saturated heterocycles. The number of aromatic nitrogens is 2. The van der Waals surface area contributed by atoms with E-state index in [1.165, 1.54) is 5.69 Å². The van der Waals surface area contributed by atoms with Gasteiger partial charge in [-0.3, -0.25) is 0 Å². The average Bonchev–Trinajstić information content (AvgIpc) is 3.63. The van der Waals surface area contributed by atoms with Gasteiger partial charge >= 0.3 is 0 Å². The van der Waals surface area contributed by atoms with Crippen LogP contribution in [0.25, 0.3) is 21.8 Å². The Labute approximate surface area is 317 Å². The Hall–Kier alpha value is -4.34. The summed E-state index contributed by atoms with van der Waals surface area (Å²) in [6.07, 6.45) is 2.66. The minimum Gasteiger partial charge on any atom is -0.489 e.